The molecule has 0 unspecified atom stereocenters. The molecule has 0 aromatic heterocycles. The molecule has 0 saturated carbocycles. The molecule has 0 radical (unpaired) electrons. The molecule has 0 aliphatic carbocycles. The third-order valence-electron chi connectivity index (χ3n) is 5.98. The fraction of sp³-hybridized carbons (Fsp3) is 0.100. The van der Waals surface area contributed by atoms with Crippen molar-refractivity contribution in [2.45, 2.75) is 13.0 Å². The number of amides is 2. The molecule has 8 nitrogen and oxygen atoms in total. The number of carbonyl (C=O) groups excluding carboxylic acids is 2. The molecular weight excluding hydrogens is 480 g/mol. The first kappa shape index (κ1) is 25.8. The first-order chi connectivity index (χ1) is 18.4. The van der Waals surface area contributed by atoms with Crippen LogP contribution in [0, 0.1) is 17.2 Å². The summed E-state index contributed by atoms with van der Waals surface area (Å²) in [5, 5.41) is 26.1. The van der Waals surface area contributed by atoms with Crippen molar-refractivity contribution in [1.29, 1.82) is 5.26 Å². The predicted molar refractivity (Wildman–Crippen MR) is 147 cm³/mol. The van der Waals surface area contributed by atoms with Crippen LogP contribution in [0.5, 0.6) is 5.75 Å². The van der Waals surface area contributed by atoms with Gasteiger partial charge in [-0.15, -0.1) is 0 Å². The van der Waals surface area contributed by atoms with Crippen molar-refractivity contribution < 1.29 is 19.4 Å². The van der Waals surface area contributed by atoms with Crippen LogP contribution in [-0.2, 0) is 9.53 Å². The van der Waals surface area contributed by atoms with E-state index in [1.807, 2.05) is 31.2 Å². The number of nitrogens with two attached hydrogens (primary N) is 1. The monoisotopic (exact) mass is 506 g/mol. The molecule has 4 aromatic rings. The lowest BCUT2D eigenvalue weighted by Gasteiger charge is -2.24. The van der Waals surface area contributed by atoms with Gasteiger partial charge < -0.3 is 20.9 Å². The number of phenols is 1. The van der Waals surface area contributed by atoms with E-state index in [1.165, 1.54) is 6.08 Å². The van der Waals surface area contributed by atoms with Crippen LogP contribution in [0.15, 0.2) is 97.1 Å². The first-order valence-electron chi connectivity index (χ1n) is 11.9. The van der Waals surface area contributed by atoms with Gasteiger partial charge in [-0.25, -0.2) is 4.79 Å². The molecule has 0 heterocycles. The van der Waals surface area contributed by atoms with Gasteiger partial charge >= 0.3 is 6.09 Å². The fourth-order valence-corrected chi connectivity index (χ4v) is 4.02. The van der Waals surface area contributed by atoms with Crippen molar-refractivity contribution >= 4 is 39.8 Å². The van der Waals surface area contributed by atoms with Crippen molar-refractivity contribution in [3.8, 4) is 11.8 Å². The third kappa shape index (κ3) is 6.09. The number of nitrogens with zero attached hydrogens (tertiary/aromatic N) is 1. The number of aromatic hydroxyl groups is 1. The predicted octanol–water partition coefficient (Wildman–Crippen LogP) is 6.12. The lowest BCUT2D eigenvalue weighted by atomic mass is 9.92. The first-order valence-corrected chi connectivity index (χ1v) is 11.9. The Hall–Kier alpha value is -5.29. The number of fused-ring (bicyclic) bond motifs is 1. The van der Waals surface area contributed by atoms with Crippen molar-refractivity contribution in [3.05, 3.63) is 108 Å². The van der Waals surface area contributed by atoms with Gasteiger partial charge in [-0.2, -0.15) is 5.26 Å². The summed E-state index contributed by atoms with van der Waals surface area (Å²) >= 11 is 0. The molecule has 190 valence electrons. The second kappa shape index (κ2) is 11.6. The van der Waals surface area contributed by atoms with Gasteiger partial charge in [-0.1, -0.05) is 55.5 Å². The quantitative estimate of drug-likeness (QED) is 0.176. The van der Waals surface area contributed by atoms with Crippen LogP contribution < -0.4 is 16.4 Å². The summed E-state index contributed by atoms with van der Waals surface area (Å²) in [7, 11) is 0. The lowest BCUT2D eigenvalue weighted by Crippen LogP contribution is -2.22. The van der Waals surface area contributed by atoms with Gasteiger partial charge in [0.05, 0.1) is 23.0 Å². The van der Waals surface area contributed by atoms with Crippen LogP contribution in [-0.4, -0.2) is 17.1 Å². The van der Waals surface area contributed by atoms with E-state index in [2.05, 4.69) is 10.6 Å². The van der Waals surface area contributed by atoms with E-state index in [4.69, 9.17) is 15.7 Å². The van der Waals surface area contributed by atoms with E-state index in [0.29, 0.717) is 39.0 Å². The molecule has 0 aliphatic rings. The number of para-hydroxylation sites is 2. The number of benzene rings is 4. The van der Waals surface area contributed by atoms with Crippen molar-refractivity contribution in [1.82, 2.24) is 0 Å². The maximum absolute atomic E-state index is 12.9. The minimum absolute atomic E-state index is 0.105. The minimum atomic E-state index is -0.801. The summed E-state index contributed by atoms with van der Waals surface area (Å²) in [6.07, 6.45) is 1.51. The Morgan fingerprint density at radius 3 is 2.34 bits per heavy atom. The van der Waals surface area contributed by atoms with E-state index >= 15 is 0 Å². The molecule has 0 bridgehead atoms. The third-order valence-corrected chi connectivity index (χ3v) is 5.98. The molecule has 2 atom stereocenters. The van der Waals surface area contributed by atoms with Crippen LogP contribution in [0.1, 0.15) is 24.2 Å². The number of rotatable bonds is 7. The smallest absolute Gasteiger partial charge is 0.412 e. The van der Waals surface area contributed by atoms with Crippen LogP contribution >= 0.6 is 0 Å². The highest BCUT2D eigenvalue weighted by molar-refractivity contribution is 6.01. The van der Waals surface area contributed by atoms with E-state index in [9.17, 15) is 14.7 Å². The molecule has 0 fully saturated rings. The zero-order chi connectivity index (χ0) is 27.1. The van der Waals surface area contributed by atoms with Gasteiger partial charge in [0, 0.05) is 22.6 Å². The average molecular weight is 507 g/mol. The van der Waals surface area contributed by atoms with Gasteiger partial charge in [0.1, 0.15) is 11.9 Å². The van der Waals surface area contributed by atoms with E-state index in [1.54, 1.807) is 72.8 Å². The van der Waals surface area contributed by atoms with Crippen molar-refractivity contribution in [2.75, 3.05) is 16.4 Å². The van der Waals surface area contributed by atoms with E-state index in [0.717, 1.165) is 0 Å². The lowest BCUT2D eigenvalue weighted by molar-refractivity contribution is -0.111. The molecule has 5 N–H and O–H groups in total. The summed E-state index contributed by atoms with van der Waals surface area (Å²) in [5.74, 6) is -0.715. The Morgan fingerprint density at radius 2 is 1.63 bits per heavy atom. The molecule has 0 spiro atoms. The SMILES string of the molecule is C[C@@H](/C=C/C(=O)Nc1ccccc1N)[C@H](OC(=O)Nc1ccc(C#N)cc1)c1ccc(O)c2ccccc12. The number of hydrogen-bond donors (Lipinski definition) is 4. The molecule has 0 aliphatic heterocycles. The van der Waals surface area contributed by atoms with Gasteiger partial charge in [0.15, 0.2) is 0 Å². The second-order valence-corrected chi connectivity index (χ2v) is 8.65. The summed E-state index contributed by atoms with van der Waals surface area (Å²) in [4.78, 5) is 25.5. The number of ether oxygens (including phenoxy) is 1. The molecule has 4 aromatic carbocycles. The minimum Gasteiger partial charge on any atom is -0.507 e. The summed E-state index contributed by atoms with van der Waals surface area (Å²) < 4.78 is 5.88. The molecule has 0 saturated heterocycles. The van der Waals surface area contributed by atoms with Crippen molar-refractivity contribution in [3.63, 3.8) is 0 Å². The number of hydrogen-bond acceptors (Lipinski definition) is 6. The highest BCUT2D eigenvalue weighted by Crippen LogP contribution is 2.36. The van der Waals surface area contributed by atoms with Crippen molar-refractivity contribution in [2.24, 2.45) is 5.92 Å². The van der Waals surface area contributed by atoms with E-state index < -0.39 is 18.1 Å². The summed E-state index contributed by atoms with van der Waals surface area (Å²) in [6, 6.07) is 25.8. The fourth-order valence-electron chi connectivity index (χ4n) is 4.02. The zero-order valence-corrected chi connectivity index (χ0v) is 20.6. The van der Waals surface area contributed by atoms with Gasteiger partial charge in [0.25, 0.3) is 0 Å². The van der Waals surface area contributed by atoms with Crippen LogP contribution in [0.2, 0.25) is 0 Å². The number of anilines is 3. The summed E-state index contributed by atoms with van der Waals surface area (Å²) in [6.45, 7) is 1.82. The molecule has 8 heteroatoms. The molecule has 38 heavy (non-hydrogen) atoms. The molecular formula is C30H26N4O4. The average Bonchev–Trinajstić information content (AvgIpc) is 2.93. The Labute approximate surface area is 220 Å². The standard InChI is InChI=1S/C30H26N4O4/c1-19(10-17-28(36)34-26-9-5-4-8-25(26)32)29(24-15-16-27(35)23-7-3-2-6-22(23)24)38-30(37)33-21-13-11-20(18-31)12-14-21/h2-17,19,29,35H,32H2,1H3,(H,33,37)(H,34,36)/b17-10+/t19-,29-/m0/s1. The number of phenolic OH excluding ortho intramolecular Hbond substituents is 1. The normalized spacial score (nSPS) is 12.4. The highest BCUT2D eigenvalue weighted by Gasteiger charge is 2.25. The van der Waals surface area contributed by atoms with Gasteiger partial charge in [-0.05, 0) is 53.9 Å². The largest absolute Gasteiger partial charge is 0.507 e. The Bertz CT molecular complexity index is 1540. The maximum Gasteiger partial charge on any atom is 0.412 e. The number of nitrogen functional groups attached to an aromatic ring is 1. The zero-order valence-electron chi connectivity index (χ0n) is 20.6. The van der Waals surface area contributed by atoms with E-state index in [-0.39, 0.29) is 11.7 Å². The van der Waals surface area contributed by atoms with Crippen LogP contribution in [0.3, 0.4) is 0 Å². The topological polar surface area (TPSA) is 137 Å². The highest BCUT2D eigenvalue weighted by atomic mass is 16.6. The Balaban J connectivity index is 1.60. The van der Waals surface area contributed by atoms with Gasteiger partial charge in [0.2, 0.25) is 5.91 Å². The number of nitriles is 1. The van der Waals surface area contributed by atoms with Gasteiger partial charge in [-0.3, -0.25) is 10.1 Å². The number of carbonyl (C=O) groups is 2. The number of nitrogens with one attached hydrogen (secondary N) is 2. The molecule has 2 amide bonds. The van der Waals surface area contributed by atoms with Crippen LogP contribution in [0.4, 0.5) is 21.9 Å². The Kier molecular flexibility index (Phi) is 7.89. The second-order valence-electron chi connectivity index (χ2n) is 8.65. The maximum atomic E-state index is 12.9. The summed E-state index contributed by atoms with van der Waals surface area (Å²) in [5.41, 5.74) is 8.44. The van der Waals surface area contributed by atoms with Crippen LogP contribution in [0.25, 0.3) is 10.8 Å². The molecule has 4 rings (SSSR count). The Morgan fingerprint density at radius 1 is 0.947 bits per heavy atom.